The predicted molar refractivity (Wildman–Crippen MR) is 50.2 cm³/mol. The van der Waals surface area contributed by atoms with Gasteiger partial charge in [0.2, 0.25) is 0 Å². The highest BCUT2D eigenvalue weighted by atomic mass is 32.2. The molecule has 15 heavy (non-hydrogen) atoms. The van der Waals surface area contributed by atoms with Crippen LogP contribution in [0.1, 0.15) is 20.7 Å². The van der Waals surface area contributed by atoms with E-state index < -0.39 is 26.5 Å². The first kappa shape index (κ1) is 11.3. The van der Waals surface area contributed by atoms with Crippen LogP contribution in [0.3, 0.4) is 0 Å². The molecule has 80 valence electrons. The van der Waals surface area contributed by atoms with E-state index in [-0.39, 0.29) is 11.8 Å². The van der Waals surface area contributed by atoms with Gasteiger partial charge in [0, 0.05) is 5.56 Å². The zero-order chi connectivity index (χ0) is 11.6. The minimum Gasteiger partial charge on any atom is -0.366 e. The highest BCUT2D eigenvalue weighted by molar-refractivity contribution is 7.86. The molecule has 0 bridgehead atoms. The number of hydrogen-bond acceptors (Lipinski definition) is 4. The van der Waals surface area contributed by atoms with Crippen LogP contribution >= 0.6 is 0 Å². The van der Waals surface area contributed by atoms with Gasteiger partial charge < -0.3 is 5.73 Å². The van der Waals surface area contributed by atoms with Gasteiger partial charge in [0.05, 0.1) is 5.56 Å². The molecular formula is C8H7NO5S. The van der Waals surface area contributed by atoms with E-state index in [4.69, 9.17) is 10.3 Å². The van der Waals surface area contributed by atoms with Crippen LogP contribution < -0.4 is 5.73 Å². The molecule has 0 atom stereocenters. The Labute approximate surface area is 85.5 Å². The molecule has 0 aromatic heterocycles. The molecule has 0 aliphatic carbocycles. The van der Waals surface area contributed by atoms with Crippen LogP contribution in [0.2, 0.25) is 0 Å². The summed E-state index contributed by atoms with van der Waals surface area (Å²) in [4.78, 5) is 20.8. The lowest BCUT2D eigenvalue weighted by Crippen LogP contribution is -2.18. The third-order valence-corrected chi connectivity index (χ3v) is 2.61. The summed E-state index contributed by atoms with van der Waals surface area (Å²) in [7, 11) is -4.57. The van der Waals surface area contributed by atoms with E-state index in [1.165, 1.54) is 12.1 Å². The summed E-state index contributed by atoms with van der Waals surface area (Å²) in [5.41, 5.74) is 4.23. The standard InChI is InChI=1S/C8H7NO5S/c9-8(11)7-5(4-10)2-1-3-6(7)15(12,13)14/h1-4H,(H2,9,11)(H,12,13,14). The fraction of sp³-hybridized carbons (Fsp3) is 0. The summed E-state index contributed by atoms with van der Waals surface area (Å²) in [6.07, 6.45) is 0.286. The van der Waals surface area contributed by atoms with Gasteiger partial charge in [0.25, 0.3) is 16.0 Å². The molecule has 3 N–H and O–H groups in total. The highest BCUT2D eigenvalue weighted by Gasteiger charge is 2.21. The van der Waals surface area contributed by atoms with Crippen LogP contribution in [0.15, 0.2) is 23.1 Å². The number of aldehydes is 1. The minimum absolute atomic E-state index is 0.183. The summed E-state index contributed by atoms with van der Waals surface area (Å²) < 4.78 is 30.5. The highest BCUT2D eigenvalue weighted by Crippen LogP contribution is 2.17. The molecule has 1 rings (SSSR count). The lowest BCUT2D eigenvalue weighted by atomic mass is 10.1. The summed E-state index contributed by atoms with van der Waals surface area (Å²) >= 11 is 0. The average Bonchev–Trinajstić information content (AvgIpc) is 2.15. The summed E-state index contributed by atoms with van der Waals surface area (Å²) in [5, 5.41) is 0. The lowest BCUT2D eigenvalue weighted by Gasteiger charge is -2.05. The molecule has 0 unspecified atom stereocenters. The van der Waals surface area contributed by atoms with E-state index in [1.807, 2.05) is 0 Å². The molecule has 0 radical (unpaired) electrons. The maximum absolute atomic E-state index is 10.9. The quantitative estimate of drug-likeness (QED) is 0.552. The van der Waals surface area contributed by atoms with E-state index >= 15 is 0 Å². The Bertz CT molecular complexity index is 520. The molecule has 6 nitrogen and oxygen atoms in total. The summed E-state index contributed by atoms with van der Waals surface area (Å²) in [6, 6.07) is 3.43. The van der Waals surface area contributed by atoms with Crippen molar-refractivity contribution >= 4 is 22.3 Å². The number of benzene rings is 1. The van der Waals surface area contributed by atoms with Gasteiger partial charge in [-0.1, -0.05) is 12.1 Å². The van der Waals surface area contributed by atoms with Crippen LogP contribution in [-0.4, -0.2) is 25.2 Å². The van der Waals surface area contributed by atoms with Crippen LogP contribution in [0, 0.1) is 0 Å². The second kappa shape index (κ2) is 3.79. The summed E-state index contributed by atoms with van der Waals surface area (Å²) in [5.74, 6) is -1.09. The van der Waals surface area contributed by atoms with Gasteiger partial charge in [-0.2, -0.15) is 8.42 Å². The van der Waals surface area contributed by atoms with Crippen LogP contribution in [0.4, 0.5) is 0 Å². The number of primary amides is 1. The number of hydrogen-bond donors (Lipinski definition) is 2. The van der Waals surface area contributed by atoms with E-state index in [9.17, 15) is 18.0 Å². The van der Waals surface area contributed by atoms with Crippen molar-refractivity contribution in [3.05, 3.63) is 29.3 Å². The number of nitrogens with two attached hydrogens (primary N) is 1. The Kier molecular flexibility index (Phi) is 2.87. The Morgan fingerprint density at radius 1 is 1.40 bits per heavy atom. The average molecular weight is 229 g/mol. The minimum atomic E-state index is -4.57. The second-order valence-corrected chi connectivity index (χ2v) is 4.07. The van der Waals surface area contributed by atoms with Crippen molar-refractivity contribution in [1.82, 2.24) is 0 Å². The topological polar surface area (TPSA) is 115 Å². The molecule has 7 heteroatoms. The zero-order valence-corrected chi connectivity index (χ0v) is 8.19. The van der Waals surface area contributed by atoms with Crippen molar-refractivity contribution in [1.29, 1.82) is 0 Å². The first-order valence-electron chi connectivity index (χ1n) is 3.73. The molecule has 0 aliphatic rings. The molecule has 1 amide bonds. The number of rotatable bonds is 3. The summed E-state index contributed by atoms with van der Waals surface area (Å²) in [6.45, 7) is 0. The van der Waals surface area contributed by atoms with Crippen LogP contribution in [-0.2, 0) is 10.1 Å². The molecule has 0 saturated carbocycles. The molecule has 0 fully saturated rings. The van der Waals surface area contributed by atoms with Gasteiger partial charge in [0.1, 0.15) is 4.90 Å². The fourth-order valence-electron chi connectivity index (χ4n) is 1.12. The maximum atomic E-state index is 10.9. The van der Waals surface area contributed by atoms with Crippen molar-refractivity contribution in [2.24, 2.45) is 5.73 Å². The normalized spacial score (nSPS) is 11.0. The SMILES string of the molecule is NC(=O)c1c(C=O)cccc1S(=O)(=O)O. The van der Waals surface area contributed by atoms with Crippen molar-refractivity contribution in [3.63, 3.8) is 0 Å². The lowest BCUT2D eigenvalue weighted by molar-refractivity contribution is 0.0989. The predicted octanol–water partition coefficient (Wildman–Crippen LogP) is -0.155. The van der Waals surface area contributed by atoms with Gasteiger partial charge in [0.15, 0.2) is 6.29 Å². The van der Waals surface area contributed by atoms with Crippen molar-refractivity contribution in [2.45, 2.75) is 4.90 Å². The van der Waals surface area contributed by atoms with Gasteiger partial charge in [-0.15, -0.1) is 0 Å². The van der Waals surface area contributed by atoms with Gasteiger partial charge >= 0.3 is 0 Å². The first-order chi connectivity index (χ1) is 6.88. The van der Waals surface area contributed by atoms with Gasteiger partial charge in [-0.05, 0) is 6.07 Å². The smallest absolute Gasteiger partial charge is 0.295 e. The van der Waals surface area contributed by atoms with Crippen LogP contribution in [0.5, 0.6) is 0 Å². The number of amides is 1. The van der Waals surface area contributed by atoms with Gasteiger partial charge in [-0.25, -0.2) is 0 Å². The molecular weight excluding hydrogens is 222 g/mol. The Morgan fingerprint density at radius 3 is 2.40 bits per heavy atom. The first-order valence-corrected chi connectivity index (χ1v) is 5.17. The zero-order valence-electron chi connectivity index (χ0n) is 7.38. The molecule has 0 heterocycles. The monoisotopic (exact) mass is 229 g/mol. The Balaban J connectivity index is 3.68. The Morgan fingerprint density at radius 2 is 2.00 bits per heavy atom. The van der Waals surface area contributed by atoms with Crippen molar-refractivity contribution < 1.29 is 22.6 Å². The van der Waals surface area contributed by atoms with E-state index in [0.717, 1.165) is 6.07 Å². The van der Waals surface area contributed by atoms with E-state index in [2.05, 4.69) is 0 Å². The largest absolute Gasteiger partial charge is 0.366 e. The molecule has 1 aromatic rings. The number of carbonyl (C=O) groups excluding carboxylic acids is 2. The number of carbonyl (C=O) groups is 2. The molecule has 0 spiro atoms. The van der Waals surface area contributed by atoms with Crippen molar-refractivity contribution in [2.75, 3.05) is 0 Å². The fourth-order valence-corrected chi connectivity index (χ4v) is 1.85. The molecule has 1 aromatic carbocycles. The van der Waals surface area contributed by atoms with Gasteiger partial charge in [-0.3, -0.25) is 14.1 Å². The Hall–Kier alpha value is -1.73. The third-order valence-electron chi connectivity index (χ3n) is 1.71. The molecule has 0 saturated heterocycles. The second-order valence-electron chi connectivity index (χ2n) is 2.68. The van der Waals surface area contributed by atoms with E-state index in [0.29, 0.717) is 0 Å². The van der Waals surface area contributed by atoms with Crippen LogP contribution in [0.25, 0.3) is 0 Å². The maximum Gasteiger partial charge on any atom is 0.295 e. The third kappa shape index (κ3) is 2.20. The van der Waals surface area contributed by atoms with Crippen molar-refractivity contribution in [3.8, 4) is 0 Å². The van der Waals surface area contributed by atoms with E-state index in [1.54, 1.807) is 0 Å². The molecule has 0 aliphatic heterocycles.